The molecule has 3 N–H and O–H groups in total. The number of aromatic nitrogens is 1. The van der Waals surface area contributed by atoms with Crippen molar-refractivity contribution in [3.05, 3.63) is 24.5 Å². The lowest BCUT2D eigenvalue weighted by atomic mass is 9.87. The maximum Gasteiger partial charge on any atom is 0.0756 e. The van der Waals surface area contributed by atoms with E-state index in [1.807, 2.05) is 12.1 Å². The lowest BCUT2D eigenvalue weighted by molar-refractivity contribution is 0.0594. The molecular weight excluding hydrogens is 214 g/mol. The SMILES string of the molecule is N[C@@H]1CN(c2ccncc2)C[C@H](C2CC2)[C@H]1O. The van der Waals surface area contributed by atoms with E-state index in [9.17, 15) is 5.11 Å². The van der Waals surface area contributed by atoms with Crippen molar-refractivity contribution in [3.8, 4) is 0 Å². The molecule has 0 spiro atoms. The van der Waals surface area contributed by atoms with Gasteiger partial charge in [0.1, 0.15) is 0 Å². The van der Waals surface area contributed by atoms with Gasteiger partial charge in [0.25, 0.3) is 0 Å². The van der Waals surface area contributed by atoms with E-state index >= 15 is 0 Å². The molecule has 1 aliphatic carbocycles. The second-order valence-electron chi connectivity index (χ2n) is 5.27. The summed E-state index contributed by atoms with van der Waals surface area (Å²) in [6.07, 6.45) is 5.77. The standard InChI is InChI=1S/C13H19N3O/c14-12-8-16(10-3-5-15-6-4-10)7-11(13(12)17)9-1-2-9/h3-6,9,11-13,17H,1-2,7-8,14H2/t11-,12-,13-/m1/s1. The van der Waals surface area contributed by atoms with Gasteiger partial charge in [-0.25, -0.2) is 0 Å². The number of nitrogens with two attached hydrogens (primary N) is 1. The molecule has 0 radical (unpaired) electrons. The second kappa shape index (κ2) is 4.27. The van der Waals surface area contributed by atoms with Crippen LogP contribution in [0.3, 0.4) is 0 Å². The van der Waals surface area contributed by atoms with Crippen molar-refractivity contribution >= 4 is 5.69 Å². The predicted octanol–water partition coefficient (Wildman–Crippen LogP) is 0.616. The van der Waals surface area contributed by atoms with Gasteiger partial charge in [0.15, 0.2) is 0 Å². The minimum absolute atomic E-state index is 0.137. The molecule has 3 rings (SSSR count). The number of hydrogen-bond acceptors (Lipinski definition) is 4. The quantitative estimate of drug-likeness (QED) is 0.786. The minimum Gasteiger partial charge on any atom is -0.391 e. The average Bonchev–Trinajstić information content (AvgIpc) is 3.18. The van der Waals surface area contributed by atoms with Gasteiger partial charge in [-0.3, -0.25) is 4.98 Å². The van der Waals surface area contributed by atoms with Crippen LogP contribution in [0, 0.1) is 11.8 Å². The van der Waals surface area contributed by atoms with Crippen LogP contribution in [0.1, 0.15) is 12.8 Å². The zero-order valence-corrected chi connectivity index (χ0v) is 9.87. The monoisotopic (exact) mass is 233 g/mol. The van der Waals surface area contributed by atoms with Crippen molar-refractivity contribution in [1.29, 1.82) is 0 Å². The summed E-state index contributed by atoms with van der Waals surface area (Å²) in [7, 11) is 0. The fourth-order valence-electron chi connectivity index (χ4n) is 2.83. The van der Waals surface area contributed by atoms with Gasteiger partial charge in [0, 0.05) is 43.1 Å². The molecule has 1 aromatic rings. The van der Waals surface area contributed by atoms with Gasteiger partial charge in [-0.15, -0.1) is 0 Å². The van der Waals surface area contributed by atoms with Crippen LogP contribution in [0.5, 0.6) is 0 Å². The van der Waals surface area contributed by atoms with Gasteiger partial charge in [0.05, 0.1) is 6.10 Å². The molecule has 17 heavy (non-hydrogen) atoms. The summed E-state index contributed by atoms with van der Waals surface area (Å²) in [6, 6.07) is 3.88. The average molecular weight is 233 g/mol. The van der Waals surface area contributed by atoms with Crippen LogP contribution >= 0.6 is 0 Å². The Balaban J connectivity index is 1.78. The van der Waals surface area contributed by atoms with Crippen LogP contribution in [0.2, 0.25) is 0 Å². The third kappa shape index (κ3) is 2.15. The molecule has 1 saturated carbocycles. The zero-order valence-electron chi connectivity index (χ0n) is 9.87. The number of aliphatic hydroxyl groups excluding tert-OH is 1. The normalized spacial score (nSPS) is 33.8. The third-order valence-electron chi connectivity index (χ3n) is 4.00. The first kappa shape index (κ1) is 11.0. The number of piperidine rings is 1. The number of hydrogen-bond donors (Lipinski definition) is 2. The summed E-state index contributed by atoms with van der Waals surface area (Å²) >= 11 is 0. The van der Waals surface area contributed by atoms with Gasteiger partial charge in [-0.1, -0.05) is 0 Å². The fraction of sp³-hybridized carbons (Fsp3) is 0.615. The van der Waals surface area contributed by atoms with E-state index in [2.05, 4.69) is 9.88 Å². The number of nitrogens with zero attached hydrogens (tertiary/aromatic N) is 2. The molecule has 2 heterocycles. The van der Waals surface area contributed by atoms with Crippen LogP contribution < -0.4 is 10.6 Å². The number of aliphatic hydroxyl groups is 1. The number of rotatable bonds is 2. The molecular formula is C13H19N3O. The third-order valence-corrected chi connectivity index (χ3v) is 4.00. The Labute approximate surface area is 101 Å². The topological polar surface area (TPSA) is 62.4 Å². The Kier molecular flexibility index (Phi) is 2.76. The molecule has 1 saturated heterocycles. The maximum atomic E-state index is 10.1. The van der Waals surface area contributed by atoms with Gasteiger partial charge in [-0.2, -0.15) is 0 Å². The summed E-state index contributed by atoms with van der Waals surface area (Å²) in [6.45, 7) is 1.65. The lowest BCUT2D eigenvalue weighted by Crippen LogP contribution is -2.57. The highest BCUT2D eigenvalue weighted by Crippen LogP contribution is 2.41. The van der Waals surface area contributed by atoms with E-state index in [-0.39, 0.29) is 12.1 Å². The second-order valence-corrected chi connectivity index (χ2v) is 5.27. The number of pyridine rings is 1. The molecule has 0 aromatic carbocycles. The Hall–Kier alpha value is -1.13. The van der Waals surface area contributed by atoms with Crippen LogP contribution in [-0.4, -0.2) is 35.3 Å². The van der Waals surface area contributed by atoms with E-state index in [4.69, 9.17) is 5.73 Å². The Bertz CT molecular complexity index is 380. The zero-order chi connectivity index (χ0) is 11.8. The van der Waals surface area contributed by atoms with Crippen molar-refractivity contribution in [2.45, 2.75) is 25.0 Å². The lowest BCUT2D eigenvalue weighted by Gasteiger charge is -2.41. The van der Waals surface area contributed by atoms with Gasteiger partial charge >= 0.3 is 0 Å². The molecule has 4 heteroatoms. The van der Waals surface area contributed by atoms with E-state index in [1.54, 1.807) is 12.4 Å². The van der Waals surface area contributed by atoms with Crippen LogP contribution in [0.4, 0.5) is 5.69 Å². The maximum absolute atomic E-state index is 10.1. The highest BCUT2D eigenvalue weighted by Gasteiger charge is 2.42. The molecule has 2 fully saturated rings. The van der Waals surface area contributed by atoms with Crippen LogP contribution in [0.25, 0.3) is 0 Å². The summed E-state index contributed by atoms with van der Waals surface area (Å²) in [5.41, 5.74) is 7.21. The summed E-state index contributed by atoms with van der Waals surface area (Å²) in [5, 5.41) is 10.1. The molecule has 1 aliphatic heterocycles. The molecule has 0 bridgehead atoms. The Morgan fingerprint density at radius 1 is 1.24 bits per heavy atom. The van der Waals surface area contributed by atoms with Gasteiger partial charge in [-0.05, 0) is 30.9 Å². The molecule has 1 aromatic heterocycles. The summed E-state index contributed by atoms with van der Waals surface area (Å²) in [5.74, 6) is 1.02. The summed E-state index contributed by atoms with van der Waals surface area (Å²) in [4.78, 5) is 6.31. The molecule has 92 valence electrons. The number of anilines is 1. The van der Waals surface area contributed by atoms with E-state index in [0.717, 1.165) is 18.8 Å². The predicted molar refractivity (Wildman–Crippen MR) is 66.6 cm³/mol. The first-order valence-electron chi connectivity index (χ1n) is 6.34. The van der Waals surface area contributed by atoms with Crippen LogP contribution in [-0.2, 0) is 0 Å². The van der Waals surface area contributed by atoms with Crippen molar-refractivity contribution < 1.29 is 5.11 Å². The first-order chi connectivity index (χ1) is 8.25. The fourth-order valence-corrected chi connectivity index (χ4v) is 2.83. The molecule has 0 amide bonds. The largest absolute Gasteiger partial charge is 0.391 e. The van der Waals surface area contributed by atoms with Gasteiger partial charge < -0.3 is 15.7 Å². The van der Waals surface area contributed by atoms with Crippen molar-refractivity contribution in [2.75, 3.05) is 18.0 Å². The van der Waals surface area contributed by atoms with Crippen molar-refractivity contribution in [2.24, 2.45) is 17.6 Å². The molecule has 2 aliphatic rings. The van der Waals surface area contributed by atoms with Gasteiger partial charge in [0.2, 0.25) is 0 Å². The molecule has 3 atom stereocenters. The molecule has 4 nitrogen and oxygen atoms in total. The minimum atomic E-state index is -0.333. The van der Waals surface area contributed by atoms with Crippen molar-refractivity contribution in [3.63, 3.8) is 0 Å². The van der Waals surface area contributed by atoms with E-state index < -0.39 is 0 Å². The Morgan fingerprint density at radius 2 is 1.94 bits per heavy atom. The Morgan fingerprint density at radius 3 is 2.59 bits per heavy atom. The molecule has 0 unspecified atom stereocenters. The first-order valence-corrected chi connectivity index (χ1v) is 6.34. The van der Waals surface area contributed by atoms with E-state index in [1.165, 1.54) is 12.8 Å². The smallest absolute Gasteiger partial charge is 0.0756 e. The van der Waals surface area contributed by atoms with E-state index in [0.29, 0.717) is 11.8 Å². The van der Waals surface area contributed by atoms with Crippen molar-refractivity contribution in [1.82, 2.24) is 4.98 Å². The summed E-state index contributed by atoms with van der Waals surface area (Å²) < 4.78 is 0. The highest BCUT2D eigenvalue weighted by molar-refractivity contribution is 5.45. The van der Waals surface area contributed by atoms with Crippen LogP contribution in [0.15, 0.2) is 24.5 Å². The highest BCUT2D eigenvalue weighted by atomic mass is 16.3.